The number of para-hydroxylation sites is 1. The highest BCUT2D eigenvalue weighted by molar-refractivity contribution is 7.89. The topological polar surface area (TPSA) is 62.0 Å². The van der Waals surface area contributed by atoms with Crippen LogP contribution in [-0.2, 0) is 10.0 Å². The Morgan fingerprint density at radius 1 is 1.04 bits per heavy atom. The van der Waals surface area contributed by atoms with E-state index in [9.17, 15) is 8.42 Å². The van der Waals surface area contributed by atoms with Gasteiger partial charge in [0.2, 0.25) is 10.0 Å². The molecule has 3 rings (SSSR count). The molecule has 0 aliphatic rings. The third kappa shape index (κ3) is 3.68. The van der Waals surface area contributed by atoms with Crippen LogP contribution >= 0.6 is 0 Å². The Labute approximate surface area is 143 Å². The maximum atomic E-state index is 12.1. The monoisotopic (exact) mass is 342 g/mol. The molecule has 1 heterocycles. The zero-order valence-corrected chi connectivity index (χ0v) is 14.5. The van der Waals surface area contributed by atoms with Gasteiger partial charge in [-0.3, -0.25) is 0 Å². The second-order valence-corrected chi connectivity index (χ2v) is 7.85. The predicted molar refractivity (Wildman–Crippen MR) is 98.7 cm³/mol. The van der Waals surface area contributed by atoms with Crippen molar-refractivity contribution in [1.29, 1.82) is 0 Å². The summed E-state index contributed by atoms with van der Waals surface area (Å²) in [5.74, 6) is 0.122. The lowest BCUT2D eigenvalue weighted by Crippen LogP contribution is -2.30. The van der Waals surface area contributed by atoms with Crippen molar-refractivity contribution >= 4 is 20.9 Å². The summed E-state index contributed by atoms with van der Waals surface area (Å²) in [7, 11) is -3.24. The molecule has 3 aromatic rings. The quantitative estimate of drug-likeness (QED) is 0.689. The summed E-state index contributed by atoms with van der Waals surface area (Å²) in [5, 5.41) is 1.13. The molecule has 0 radical (unpaired) electrons. The van der Waals surface area contributed by atoms with Gasteiger partial charge in [-0.1, -0.05) is 55.5 Å². The molecule has 5 heteroatoms. The largest absolute Gasteiger partial charge is 0.361 e. The third-order valence-corrected chi connectivity index (χ3v) is 5.73. The molecule has 2 aromatic carbocycles. The van der Waals surface area contributed by atoms with E-state index in [4.69, 9.17) is 0 Å². The van der Waals surface area contributed by atoms with Crippen molar-refractivity contribution < 1.29 is 8.42 Å². The molecule has 1 unspecified atom stereocenters. The molecule has 0 aliphatic heterocycles. The number of aromatic nitrogens is 1. The molecular weight excluding hydrogens is 320 g/mol. The molecule has 0 aliphatic carbocycles. The third-order valence-electron chi connectivity index (χ3n) is 4.18. The summed E-state index contributed by atoms with van der Waals surface area (Å²) in [4.78, 5) is 3.28. The SMILES string of the molecule is CCCS(=O)(=O)NCC(c1ccccc1)c1c[nH]c2ccccc12. The summed E-state index contributed by atoms with van der Waals surface area (Å²) >= 11 is 0. The molecule has 4 nitrogen and oxygen atoms in total. The molecule has 1 atom stereocenters. The molecule has 0 fully saturated rings. The van der Waals surface area contributed by atoms with E-state index >= 15 is 0 Å². The van der Waals surface area contributed by atoms with Gasteiger partial charge in [0.1, 0.15) is 0 Å². The van der Waals surface area contributed by atoms with Gasteiger partial charge in [-0.25, -0.2) is 13.1 Å². The summed E-state index contributed by atoms with van der Waals surface area (Å²) < 4.78 is 26.9. The van der Waals surface area contributed by atoms with Crippen LogP contribution in [0.15, 0.2) is 60.8 Å². The van der Waals surface area contributed by atoms with Gasteiger partial charge in [0.15, 0.2) is 0 Å². The van der Waals surface area contributed by atoms with Gasteiger partial charge in [-0.05, 0) is 23.6 Å². The number of H-pyrrole nitrogens is 1. The van der Waals surface area contributed by atoms with E-state index in [-0.39, 0.29) is 11.7 Å². The number of fused-ring (bicyclic) bond motifs is 1. The molecule has 2 N–H and O–H groups in total. The number of nitrogens with one attached hydrogen (secondary N) is 2. The van der Waals surface area contributed by atoms with E-state index in [2.05, 4.69) is 15.8 Å². The Morgan fingerprint density at radius 3 is 2.50 bits per heavy atom. The highest BCUT2D eigenvalue weighted by Gasteiger charge is 2.20. The lowest BCUT2D eigenvalue weighted by atomic mass is 9.91. The second-order valence-electron chi connectivity index (χ2n) is 5.92. The summed E-state index contributed by atoms with van der Waals surface area (Å²) in [6, 6.07) is 18.1. The standard InChI is InChI=1S/C19H22N2O2S/c1-2-12-24(22,23)21-14-17(15-8-4-3-5-9-15)18-13-20-19-11-7-6-10-16(18)19/h3-11,13,17,20-21H,2,12,14H2,1H3. The fourth-order valence-electron chi connectivity index (χ4n) is 3.03. The molecule has 24 heavy (non-hydrogen) atoms. The first-order valence-electron chi connectivity index (χ1n) is 8.19. The maximum absolute atomic E-state index is 12.1. The van der Waals surface area contributed by atoms with Crippen molar-refractivity contribution in [3.8, 4) is 0 Å². The average Bonchev–Trinajstić information content (AvgIpc) is 3.00. The van der Waals surface area contributed by atoms with Crippen molar-refractivity contribution in [2.45, 2.75) is 19.3 Å². The van der Waals surface area contributed by atoms with Crippen LogP contribution in [0.4, 0.5) is 0 Å². The molecule has 0 saturated heterocycles. The van der Waals surface area contributed by atoms with E-state index in [1.165, 1.54) is 0 Å². The van der Waals surface area contributed by atoms with Gasteiger partial charge in [-0.2, -0.15) is 0 Å². The molecule has 0 saturated carbocycles. The van der Waals surface area contributed by atoms with Gasteiger partial charge >= 0.3 is 0 Å². The Morgan fingerprint density at radius 2 is 1.75 bits per heavy atom. The van der Waals surface area contributed by atoms with E-state index in [1.807, 2.05) is 61.7 Å². The van der Waals surface area contributed by atoms with Crippen molar-refractivity contribution in [2.75, 3.05) is 12.3 Å². The number of benzene rings is 2. The van der Waals surface area contributed by atoms with Crippen LogP contribution in [0.5, 0.6) is 0 Å². The van der Waals surface area contributed by atoms with Crippen LogP contribution in [0.25, 0.3) is 10.9 Å². The normalized spacial score (nSPS) is 13.2. The fraction of sp³-hybridized carbons (Fsp3) is 0.263. The van der Waals surface area contributed by atoms with E-state index < -0.39 is 10.0 Å². The first-order chi connectivity index (χ1) is 11.6. The molecular formula is C19H22N2O2S. The first kappa shape index (κ1) is 16.7. The Bertz CT molecular complexity index is 901. The van der Waals surface area contributed by atoms with E-state index in [0.717, 1.165) is 22.0 Å². The molecule has 1 aromatic heterocycles. The highest BCUT2D eigenvalue weighted by Crippen LogP contribution is 2.30. The zero-order chi connectivity index (χ0) is 17.0. The van der Waals surface area contributed by atoms with E-state index in [0.29, 0.717) is 13.0 Å². The van der Waals surface area contributed by atoms with Crippen molar-refractivity contribution in [3.63, 3.8) is 0 Å². The lowest BCUT2D eigenvalue weighted by molar-refractivity contribution is 0.576. The number of sulfonamides is 1. The van der Waals surface area contributed by atoms with Gasteiger partial charge in [0.05, 0.1) is 5.75 Å². The van der Waals surface area contributed by atoms with Crippen LogP contribution < -0.4 is 4.72 Å². The zero-order valence-electron chi connectivity index (χ0n) is 13.7. The van der Waals surface area contributed by atoms with Gasteiger partial charge < -0.3 is 4.98 Å². The van der Waals surface area contributed by atoms with Gasteiger partial charge in [0.25, 0.3) is 0 Å². The van der Waals surface area contributed by atoms with Crippen molar-refractivity contribution in [3.05, 3.63) is 71.9 Å². The van der Waals surface area contributed by atoms with Crippen molar-refractivity contribution in [1.82, 2.24) is 9.71 Å². The van der Waals surface area contributed by atoms with Crippen molar-refractivity contribution in [2.24, 2.45) is 0 Å². The van der Waals surface area contributed by atoms with Gasteiger partial charge in [0, 0.05) is 29.6 Å². The van der Waals surface area contributed by atoms with Crippen LogP contribution in [-0.4, -0.2) is 25.7 Å². The molecule has 0 amide bonds. The second kappa shape index (κ2) is 7.20. The maximum Gasteiger partial charge on any atom is 0.211 e. The highest BCUT2D eigenvalue weighted by atomic mass is 32.2. The Kier molecular flexibility index (Phi) is 5.02. The summed E-state index contributed by atoms with van der Waals surface area (Å²) in [6.45, 7) is 2.22. The fourth-order valence-corrected chi connectivity index (χ4v) is 4.13. The summed E-state index contributed by atoms with van der Waals surface area (Å²) in [6.07, 6.45) is 2.59. The molecule has 126 valence electrons. The minimum atomic E-state index is -3.24. The number of hydrogen-bond donors (Lipinski definition) is 2. The minimum Gasteiger partial charge on any atom is -0.361 e. The average molecular weight is 342 g/mol. The molecule has 0 spiro atoms. The summed E-state index contributed by atoms with van der Waals surface area (Å²) in [5.41, 5.74) is 3.27. The number of aromatic amines is 1. The molecule has 0 bridgehead atoms. The smallest absolute Gasteiger partial charge is 0.211 e. The van der Waals surface area contributed by atoms with E-state index in [1.54, 1.807) is 0 Å². The Balaban J connectivity index is 1.97. The predicted octanol–water partition coefficient (Wildman–Crippen LogP) is 3.63. The van der Waals surface area contributed by atoms with Crippen LogP contribution in [0.3, 0.4) is 0 Å². The Hall–Kier alpha value is -2.11. The van der Waals surface area contributed by atoms with Crippen LogP contribution in [0.2, 0.25) is 0 Å². The van der Waals surface area contributed by atoms with Crippen LogP contribution in [0, 0.1) is 0 Å². The van der Waals surface area contributed by atoms with Crippen LogP contribution in [0.1, 0.15) is 30.4 Å². The lowest BCUT2D eigenvalue weighted by Gasteiger charge is -2.18. The minimum absolute atomic E-state index is 0.0334. The number of hydrogen-bond acceptors (Lipinski definition) is 2. The number of rotatable bonds is 7. The van der Waals surface area contributed by atoms with Gasteiger partial charge in [-0.15, -0.1) is 0 Å². The first-order valence-corrected chi connectivity index (χ1v) is 9.84.